The van der Waals surface area contributed by atoms with Gasteiger partial charge in [0.15, 0.2) is 0 Å². The normalized spacial score (nSPS) is 10.5. The number of halogens is 2. The molecule has 4 heteroatoms. The number of rotatable bonds is 1. The fourth-order valence-electron chi connectivity index (χ4n) is 1.47. The molecular formula is C11H5Br2O2-. The molecule has 0 saturated carbocycles. The van der Waals surface area contributed by atoms with Crippen molar-refractivity contribution < 1.29 is 9.90 Å². The van der Waals surface area contributed by atoms with Gasteiger partial charge >= 0.3 is 0 Å². The van der Waals surface area contributed by atoms with Gasteiger partial charge in [0, 0.05) is 14.5 Å². The molecular weight excluding hydrogens is 324 g/mol. The molecule has 0 spiro atoms. The maximum absolute atomic E-state index is 10.9. The van der Waals surface area contributed by atoms with Crippen LogP contribution in [0.1, 0.15) is 10.4 Å². The molecule has 2 aromatic rings. The first-order valence-electron chi connectivity index (χ1n) is 4.19. The van der Waals surface area contributed by atoms with Crippen molar-refractivity contribution in [3.8, 4) is 0 Å². The van der Waals surface area contributed by atoms with Gasteiger partial charge in [0.25, 0.3) is 0 Å². The minimum absolute atomic E-state index is 0.195. The van der Waals surface area contributed by atoms with Crippen LogP contribution in [0.25, 0.3) is 10.8 Å². The second kappa shape index (κ2) is 3.94. The smallest absolute Gasteiger partial charge is 0.0721 e. The summed E-state index contributed by atoms with van der Waals surface area (Å²) in [5.74, 6) is -1.17. The SMILES string of the molecule is O=C([O-])c1cc(Br)c(Br)c2ccccc12. The van der Waals surface area contributed by atoms with Crippen LogP contribution in [0, 0.1) is 0 Å². The molecule has 76 valence electrons. The summed E-state index contributed by atoms with van der Waals surface area (Å²) in [6, 6.07) is 8.82. The van der Waals surface area contributed by atoms with Gasteiger partial charge in [-0.25, -0.2) is 0 Å². The van der Waals surface area contributed by atoms with E-state index in [1.807, 2.05) is 12.1 Å². The van der Waals surface area contributed by atoms with Crippen molar-refractivity contribution in [1.82, 2.24) is 0 Å². The van der Waals surface area contributed by atoms with E-state index in [-0.39, 0.29) is 5.56 Å². The summed E-state index contributed by atoms with van der Waals surface area (Å²) in [5, 5.41) is 12.5. The van der Waals surface area contributed by atoms with Crippen molar-refractivity contribution >= 4 is 48.6 Å². The van der Waals surface area contributed by atoms with Crippen molar-refractivity contribution in [3.63, 3.8) is 0 Å². The minimum Gasteiger partial charge on any atom is -0.545 e. The van der Waals surface area contributed by atoms with Crippen LogP contribution in [-0.4, -0.2) is 5.97 Å². The average molecular weight is 329 g/mol. The Hall–Kier alpha value is -0.870. The molecule has 0 aliphatic rings. The summed E-state index contributed by atoms with van der Waals surface area (Å²) in [4.78, 5) is 10.9. The summed E-state index contributed by atoms with van der Waals surface area (Å²) in [5.41, 5.74) is 0.195. The van der Waals surface area contributed by atoms with Gasteiger partial charge in [0.1, 0.15) is 0 Å². The van der Waals surface area contributed by atoms with Gasteiger partial charge in [-0.15, -0.1) is 0 Å². The van der Waals surface area contributed by atoms with Crippen LogP contribution >= 0.6 is 31.9 Å². The molecule has 0 aliphatic heterocycles. The quantitative estimate of drug-likeness (QED) is 0.807. The summed E-state index contributed by atoms with van der Waals surface area (Å²) in [6.07, 6.45) is 0. The van der Waals surface area contributed by atoms with E-state index in [1.165, 1.54) is 0 Å². The van der Waals surface area contributed by atoms with Gasteiger partial charge in [0.2, 0.25) is 0 Å². The van der Waals surface area contributed by atoms with Crippen LogP contribution in [0.4, 0.5) is 0 Å². The lowest BCUT2D eigenvalue weighted by atomic mass is 10.1. The first-order valence-corrected chi connectivity index (χ1v) is 5.78. The van der Waals surface area contributed by atoms with E-state index >= 15 is 0 Å². The first kappa shape index (κ1) is 10.6. The predicted molar refractivity (Wildman–Crippen MR) is 63.7 cm³/mol. The van der Waals surface area contributed by atoms with Crippen LogP contribution in [0.2, 0.25) is 0 Å². The molecule has 0 atom stereocenters. The van der Waals surface area contributed by atoms with E-state index in [0.717, 1.165) is 9.86 Å². The molecule has 0 unspecified atom stereocenters. The van der Waals surface area contributed by atoms with E-state index in [4.69, 9.17) is 0 Å². The minimum atomic E-state index is -1.17. The Morgan fingerprint density at radius 1 is 1.13 bits per heavy atom. The summed E-state index contributed by atoms with van der Waals surface area (Å²) >= 11 is 6.70. The van der Waals surface area contributed by atoms with Crippen molar-refractivity contribution in [2.75, 3.05) is 0 Å². The number of fused-ring (bicyclic) bond motifs is 1. The zero-order chi connectivity index (χ0) is 11.0. The van der Waals surface area contributed by atoms with Gasteiger partial charge in [-0.2, -0.15) is 0 Å². The standard InChI is InChI=1S/C11H6Br2O2/c12-9-5-8(11(14)15)6-3-1-2-4-7(6)10(9)13/h1-5H,(H,14,15)/p-1. The average Bonchev–Trinajstić information content (AvgIpc) is 2.23. The Bertz CT molecular complexity index is 550. The first-order chi connectivity index (χ1) is 7.11. The zero-order valence-corrected chi connectivity index (χ0v) is 10.6. The summed E-state index contributed by atoms with van der Waals surface area (Å²) in [6.45, 7) is 0. The molecule has 2 rings (SSSR count). The van der Waals surface area contributed by atoms with Gasteiger partial charge in [-0.1, -0.05) is 24.3 Å². The Morgan fingerprint density at radius 2 is 1.73 bits per heavy atom. The molecule has 0 amide bonds. The Labute approximate surface area is 103 Å². The van der Waals surface area contributed by atoms with E-state index in [0.29, 0.717) is 9.86 Å². The number of hydrogen-bond acceptors (Lipinski definition) is 2. The summed E-state index contributed by atoms with van der Waals surface area (Å²) < 4.78 is 1.56. The van der Waals surface area contributed by atoms with Crippen LogP contribution in [0.5, 0.6) is 0 Å². The third kappa shape index (κ3) is 1.79. The zero-order valence-electron chi connectivity index (χ0n) is 7.46. The van der Waals surface area contributed by atoms with Gasteiger partial charge in [-0.3, -0.25) is 0 Å². The number of carbonyl (C=O) groups excluding carboxylic acids is 1. The Balaban J connectivity index is 2.94. The lowest BCUT2D eigenvalue weighted by Gasteiger charge is -2.10. The van der Waals surface area contributed by atoms with Gasteiger partial charge < -0.3 is 9.90 Å². The van der Waals surface area contributed by atoms with E-state index in [2.05, 4.69) is 31.9 Å². The molecule has 0 saturated heterocycles. The second-order valence-electron chi connectivity index (χ2n) is 3.05. The predicted octanol–water partition coefficient (Wildman–Crippen LogP) is 2.73. The molecule has 2 aromatic carbocycles. The molecule has 0 fully saturated rings. The van der Waals surface area contributed by atoms with Gasteiger partial charge in [-0.05, 0) is 48.7 Å². The van der Waals surface area contributed by atoms with Crippen molar-refractivity contribution in [1.29, 1.82) is 0 Å². The molecule has 0 aliphatic carbocycles. The second-order valence-corrected chi connectivity index (χ2v) is 4.70. The van der Waals surface area contributed by atoms with Gasteiger partial charge in [0.05, 0.1) is 5.97 Å². The Morgan fingerprint density at radius 3 is 2.33 bits per heavy atom. The maximum atomic E-state index is 10.9. The highest BCUT2D eigenvalue weighted by atomic mass is 79.9. The fraction of sp³-hybridized carbons (Fsp3) is 0. The van der Waals surface area contributed by atoms with E-state index in [9.17, 15) is 9.90 Å². The van der Waals surface area contributed by atoms with Crippen LogP contribution in [0.3, 0.4) is 0 Å². The van der Waals surface area contributed by atoms with E-state index < -0.39 is 5.97 Å². The van der Waals surface area contributed by atoms with Crippen molar-refractivity contribution in [3.05, 3.63) is 44.8 Å². The lowest BCUT2D eigenvalue weighted by molar-refractivity contribution is -0.254. The number of aromatic carboxylic acids is 1. The van der Waals surface area contributed by atoms with Crippen LogP contribution in [0.15, 0.2) is 39.3 Å². The number of benzene rings is 2. The third-order valence-corrected chi connectivity index (χ3v) is 4.17. The molecule has 15 heavy (non-hydrogen) atoms. The van der Waals surface area contributed by atoms with Crippen molar-refractivity contribution in [2.45, 2.75) is 0 Å². The lowest BCUT2D eigenvalue weighted by Crippen LogP contribution is -2.22. The monoisotopic (exact) mass is 327 g/mol. The molecule has 0 aromatic heterocycles. The highest BCUT2D eigenvalue weighted by Gasteiger charge is 2.08. The highest BCUT2D eigenvalue weighted by Crippen LogP contribution is 2.33. The summed E-state index contributed by atoms with van der Waals surface area (Å²) in [7, 11) is 0. The van der Waals surface area contributed by atoms with E-state index in [1.54, 1.807) is 18.2 Å². The molecule has 0 heterocycles. The molecule has 0 bridgehead atoms. The largest absolute Gasteiger partial charge is 0.545 e. The topological polar surface area (TPSA) is 40.1 Å². The number of hydrogen-bond donors (Lipinski definition) is 0. The molecule has 0 radical (unpaired) electrons. The maximum Gasteiger partial charge on any atom is 0.0721 e. The number of carbonyl (C=O) groups is 1. The third-order valence-electron chi connectivity index (χ3n) is 2.15. The number of carboxylic acids is 1. The highest BCUT2D eigenvalue weighted by molar-refractivity contribution is 9.13. The number of carboxylic acid groups (broad SMARTS) is 1. The van der Waals surface area contributed by atoms with Crippen LogP contribution in [-0.2, 0) is 0 Å². The Kier molecular flexibility index (Phi) is 2.80. The van der Waals surface area contributed by atoms with Crippen LogP contribution < -0.4 is 5.11 Å². The fourth-order valence-corrected chi connectivity index (χ4v) is 2.38. The molecule has 0 N–H and O–H groups in total. The molecule has 2 nitrogen and oxygen atoms in total. The van der Waals surface area contributed by atoms with Crippen molar-refractivity contribution in [2.24, 2.45) is 0 Å².